The first kappa shape index (κ1) is 14.6. The standard InChI is InChI=1S/C11H15NO5S/c1-8-4-3-5-9(6-8)18(16,17)12-7-11(2,15)10(13)14/h3-6,12,15H,7H2,1-2H3,(H,13,14). The van der Waals surface area contributed by atoms with Crippen molar-refractivity contribution >= 4 is 16.0 Å². The van der Waals surface area contributed by atoms with Crippen LogP contribution >= 0.6 is 0 Å². The van der Waals surface area contributed by atoms with Gasteiger partial charge in [-0.2, -0.15) is 0 Å². The molecule has 0 aliphatic carbocycles. The fourth-order valence-electron chi connectivity index (χ4n) is 1.18. The molecule has 0 fully saturated rings. The van der Waals surface area contributed by atoms with Crippen LogP contribution in [-0.2, 0) is 14.8 Å². The van der Waals surface area contributed by atoms with Gasteiger partial charge in [0.15, 0.2) is 5.60 Å². The minimum atomic E-state index is -3.82. The lowest BCUT2D eigenvalue weighted by atomic mass is 10.1. The molecule has 1 aromatic carbocycles. The third-order valence-electron chi connectivity index (χ3n) is 2.37. The van der Waals surface area contributed by atoms with Crippen molar-refractivity contribution in [3.63, 3.8) is 0 Å². The quantitative estimate of drug-likeness (QED) is 0.706. The maximum atomic E-state index is 11.8. The Kier molecular flexibility index (Phi) is 4.10. The van der Waals surface area contributed by atoms with Gasteiger partial charge in [-0.15, -0.1) is 0 Å². The molecule has 0 amide bonds. The molecule has 6 nitrogen and oxygen atoms in total. The van der Waals surface area contributed by atoms with E-state index in [9.17, 15) is 18.3 Å². The summed E-state index contributed by atoms with van der Waals surface area (Å²) >= 11 is 0. The lowest BCUT2D eigenvalue weighted by Gasteiger charge is -2.18. The zero-order chi connectivity index (χ0) is 14.0. The molecule has 100 valence electrons. The second-order valence-corrected chi connectivity index (χ2v) is 5.99. The summed E-state index contributed by atoms with van der Waals surface area (Å²) in [5.41, 5.74) is -1.38. The SMILES string of the molecule is Cc1cccc(S(=O)(=O)NCC(C)(O)C(=O)O)c1. The molecule has 3 N–H and O–H groups in total. The molecule has 1 unspecified atom stereocenters. The molecule has 18 heavy (non-hydrogen) atoms. The molecule has 0 heterocycles. The summed E-state index contributed by atoms with van der Waals surface area (Å²) in [6, 6.07) is 6.17. The largest absolute Gasteiger partial charge is 0.479 e. The average molecular weight is 273 g/mol. The van der Waals surface area contributed by atoms with Crippen LogP contribution in [0.5, 0.6) is 0 Å². The van der Waals surface area contributed by atoms with E-state index in [1.54, 1.807) is 19.1 Å². The van der Waals surface area contributed by atoms with E-state index in [2.05, 4.69) is 4.72 Å². The first-order chi connectivity index (χ1) is 8.15. The van der Waals surface area contributed by atoms with Crippen molar-refractivity contribution in [2.75, 3.05) is 6.54 Å². The highest BCUT2D eigenvalue weighted by Crippen LogP contribution is 2.11. The highest BCUT2D eigenvalue weighted by molar-refractivity contribution is 7.89. The van der Waals surface area contributed by atoms with Gasteiger partial charge < -0.3 is 10.2 Å². The Labute approximate surface area is 105 Å². The number of benzene rings is 1. The summed E-state index contributed by atoms with van der Waals surface area (Å²) in [7, 11) is -3.82. The van der Waals surface area contributed by atoms with Gasteiger partial charge >= 0.3 is 5.97 Å². The number of hydrogen-bond acceptors (Lipinski definition) is 4. The van der Waals surface area contributed by atoms with E-state index < -0.39 is 28.1 Å². The summed E-state index contributed by atoms with van der Waals surface area (Å²) in [6.45, 7) is 2.17. The molecule has 0 radical (unpaired) electrons. The van der Waals surface area contributed by atoms with E-state index in [1.165, 1.54) is 12.1 Å². The van der Waals surface area contributed by atoms with Crippen molar-refractivity contribution in [2.24, 2.45) is 0 Å². The first-order valence-electron chi connectivity index (χ1n) is 5.17. The van der Waals surface area contributed by atoms with Gasteiger partial charge in [0.2, 0.25) is 10.0 Å². The van der Waals surface area contributed by atoms with Crippen LogP contribution in [0.15, 0.2) is 29.2 Å². The number of carboxylic acids is 1. The van der Waals surface area contributed by atoms with Crippen LogP contribution in [-0.4, -0.2) is 36.7 Å². The van der Waals surface area contributed by atoms with Gasteiger partial charge in [0.05, 0.1) is 11.4 Å². The minimum Gasteiger partial charge on any atom is -0.479 e. The molecule has 0 aromatic heterocycles. The Balaban J connectivity index is 2.87. The van der Waals surface area contributed by atoms with Gasteiger partial charge in [0.25, 0.3) is 0 Å². The molecule has 0 aliphatic heterocycles. The van der Waals surface area contributed by atoms with Crippen molar-refractivity contribution < 1.29 is 23.4 Å². The monoisotopic (exact) mass is 273 g/mol. The smallest absolute Gasteiger partial charge is 0.336 e. The second-order valence-electron chi connectivity index (χ2n) is 4.22. The van der Waals surface area contributed by atoms with Crippen LogP contribution in [0.3, 0.4) is 0 Å². The zero-order valence-corrected chi connectivity index (χ0v) is 10.9. The Morgan fingerprint density at radius 2 is 2.06 bits per heavy atom. The topological polar surface area (TPSA) is 104 Å². The Morgan fingerprint density at radius 3 is 2.56 bits per heavy atom. The van der Waals surface area contributed by atoms with Crippen LogP contribution < -0.4 is 4.72 Å². The molecule has 1 aromatic rings. The van der Waals surface area contributed by atoms with E-state index in [0.29, 0.717) is 0 Å². The van der Waals surface area contributed by atoms with E-state index in [0.717, 1.165) is 12.5 Å². The molecule has 0 spiro atoms. The summed E-state index contributed by atoms with van der Waals surface area (Å²) < 4.78 is 25.7. The molecule has 7 heteroatoms. The minimum absolute atomic E-state index is 0.0312. The zero-order valence-electron chi connectivity index (χ0n) is 10.0. The summed E-state index contributed by atoms with van der Waals surface area (Å²) in [6.07, 6.45) is 0. The highest BCUT2D eigenvalue weighted by atomic mass is 32.2. The highest BCUT2D eigenvalue weighted by Gasteiger charge is 2.31. The fourth-order valence-corrected chi connectivity index (χ4v) is 2.41. The van der Waals surface area contributed by atoms with E-state index in [1.807, 2.05) is 0 Å². The second kappa shape index (κ2) is 5.05. The molecule has 1 rings (SSSR count). The molecular weight excluding hydrogens is 258 g/mol. The van der Waals surface area contributed by atoms with Crippen molar-refractivity contribution in [3.8, 4) is 0 Å². The van der Waals surface area contributed by atoms with Crippen molar-refractivity contribution in [1.82, 2.24) is 4.72 Å². The van der Waals surface area contributed by atoms with Gasteiger partial charge in [0, 0.05) is 0 Å². The lowest BCUT2D eigenvalue weighted by molar-refractivity contribution is -0.155. The van der Waals surface area contributed by atoms with Gasteiger partial charge in [-0.1, -0.05) is 12.1 Å². The normalized spacial score (nSPS) is 15.1. The Bertz CT molecular complexity index is 550. The number of carbonyl (C=O) groups is 1. The number of hydrogen-bond donors (Lipinski definition) is 3. The fraction of sp³-hybridized carbons (Fsp3) is 0.364. The summed E-state index contributed by atoms with van der Waals surface area (Å²) in [5.74, 6) is -1.49. The number of rotatable bonds is 5. The Morgan fingerprint density at radius 1 is 1.44 bits per heavy atom. The predicted molar refractivity (Wildman–Crippen MR) is 64.6 cm³/mol. The van der Waals surface area contributed by atoms with Crippen LogP contribution in [0.4, 0.5) is 0 Å². The van der Waals surface area contributed by atoms with Crippen LogP contribution in [0.2, 0.25) is 0 Å². The molecule has 0 saturated carbocycles. The third kappa shape index (κ3) is 3.52. The Hall–Kier alpha value is -1.44. The number of nitrogens with one attached hydrogen (secondary N) is 1. The molecule has 1 atom stereocenters. The molecule has 0 saturated heterocycles. The summed E-state index contributed by atoms with van der Waals surface area (Å²) in [4.78, 5) is 10.7. The number of sulfonamides is 1. The van der Waals surface area contributed by atoms with Gasteiger partial charge in [0.1, 0.15) is 0 Å². The van der Waals surface area contributed by atoms with E-state index in [-0.39, 0.29) is 4.90 Å². The lowest BCUT2D eigenvalue weighted by Crippen LogP contribution is -2.46. The third-order valence-corrected chi connectivity index (χ3v) is 3.77. The molecule has 0 aliphatic rings. The van der Waals surface area contributed by atoms with Crippen molar-refractivity contribution in [1.29, 1.82) is 0 Å². The van der Waals surface area contributed by atoms with Crippen molar-refractivity contribution in [3.05, 3.63) is 29.8 Å². The van der Waals surface area contributed by atoms with Crippen LogP contribution in [0.1, 0.15) is 12.5 Å². The maximum Gasteiger partial charge on any atom is 0.336 e. The number of aliphatic hydroxyl groups is 1. The number of aliphatic carboxylic acids is 1. The predicted octanol–water partition coefficient (Wildman–Crippen LogP) is 0.109. The number of carboxylic acid groups (broad SMARTS) is 1. The average Bonchev–Trinajstić information content (AvgIpc) is 2.26. The van der Waals surface area contributed by atoms with Crippen LogP contribution in [0.25, 0.3) is 0 Å². The van der Waals surface area contributed by atoms with Gasteiger partial charge in [-0.3, -0.25) is 0 Å². The maximum absolute atomic E-state index is 11.8. The molecule has 0 bridgehead atoms. The van der Waals surface area contributed by atoms with Crippen LogP contribution in [0, 0.1) is 6.92 Å². The van der Waals surface area contributed by atoms with E-state index in [4.69, 9.17) is 5.11 Å². The number of aryl methyl sites for hydroxylation is 1. The van der Waals surface area contributed by atoms with Crippen molar-refractivity contribution in [2.45, 2.75) is 24.3 Å². The molecular formula is C11H15NO5S. The summed E-state index contributed by atoms with van der Waals surface area (Å²) in [5, 5.41) is 18.1. The van der Waals surface area contributed by atoms with Gasteiger partial charge in [-0.05, 0) is 31.5 Å². The first-order valence-corrected chi connectivity index (χ1v) is 6.65. The van der Waals surface area contributed by atoms with Gasteiger partial charge in [-0.25, -0.2) is 17.9 Å². The van der Waals surface area contributed by atoms with E-state index >= 15 is 0 Å².